The van der Waals surface area contributed by atoms with Crippen LogP contribution < -0.4 is 0 Å². The third-order valence-corrected chi connectivity index (χ3v) is 14.6. The van der Waals surface area contributed by atoms with E-state index in [1.807, 2.05) is 11.3 Å². The van der Waals surface area contributed by atoms with E-state index >= 15 is 0 Å². The van der Waals surface area contributed by atoms with Crippen LogP contribution in [-0.2, 0) is 0 Å². The first-order chi connectivity index (χ1) is 33.7. The van der Waals surface area contributed by atoms with E-state index < -0.39 is 0 Å². The second kappa shape index (κ2) is 16.7. The molecule has 3 aromatic heterocycles. The number of hydrogen-bond acceptors (Lipinski definition) is 2. The van der Waals surface area contributed by atoms with Gasteiger partial charge in [-0.05, 0) is 116 Å². The number of aromatic nitrogens is 2. The van der Waals surface area contributed by atoms with Crippen LogP contribution in [0.5, 0.6) is 0 Å². The van der Waals surface area contributed by atoms with Crippen molar-refractivity contribution in [2.24, 2.45) is 0 Å². The fourth-order valence-electron chi connectivity index (χ4n) is 10.4. The Bertz CT molecular complexity index is 3870. The summed E-state index contributed by atoms with van der Waals surface area (Å²) in [6.45, 7) is 0. The molecule has 0 saturated carbocycles. The summed E-state index contributed by atoms with van der Waals surface area (Å²) in [5, 5.41) is 5.00. The maximum Gasteiger partial charge on any atom is 0.0787 e. The van der Waals surface area contributed by atoms with E-state index in [1.165, 1.54) is 64.2 Å². The number of pyridine rings is 1. The SMILES string of the molecule is c1ccc(-c2cc(-c3ccccc3)cc(-c3cc(-c4c(-c5ccccc5)cccc4-c4ccccc4)cnc3-c3cccc4sc5ccc6c(c7ccccc7n6-c6ccccc6)c5c34)c2)cc1. The molecule has 0 saturated heterocycles. The van der Waals surface area contributed by atoms with Gasteiger partial charge in [0.2, 0.25) is 0 Å². The molecule has 0 bridgehead atoms. The van der Waals surface area contributed by atoms with Crippen LogP contribution in [0.3, 0.4) is 0 Å². The molecule has 0 amide bonds. The highest BCUT2D eigenvalue weighted by Crippen LogP contribution is 2.49. The first-order valence-electron chi connectivity index (χ1n) is 23.2. The third-order valence-electron chi connectivity index (χ3n) is 13.4. The molecule has 2 nitrogen and oxygen atoms in total. The average molecular weight is 883 g/mol. The summed E-state index contributed by atoms with van der Waals surface area (Å²) in [5.41, 5.74) is 19.3. The Morgan fingerprint density at radius 3 is 1.46 bits per heavy atom. The van der Waals surface area contributed by atoms with Gasteiger partial charge in [-0.15, -0.1) is 11.3 Å². The second-order valence-corrected chi connectivity index (χ2v) is 18.5. The molecular formula is C65H42N2S. The fourth-order valence-corrected chi connectivity index (χ4v) is 11.6. The Balaban J connectivity index is 1.14. The summed E-state index contributed by atoms with van der Waals surface area (Å²) >= 11 is 1.86. The minimum Gasteiger partial charge on any atom is -0.309 e. The maximum absolute atomic E-state index is 5.71. The Morgan fingerprint density at radius 2 is 0.824 bits per heavy atom. The van der Waals surface area contributed by atoms with Crippen LogP contribution in [0, 0.1) is 0 Å². The lowest BCUT2D eigenvalue weighted by atomic mass is 9.85. The largest absolute Gasteiger partial charge is 0.309 e. The van der Waals surface area contributed by atoms with Crippen molar-refractivity contribution in [2.75, 3.05) is 0 Å². The van der Waals surface area contributed by atoms with Crippen molar-refractivity contribution in [3.05, 3.63) is 255 Å². The number of rotatable bonds is 8. The van der Waals surface area contributed by atoms with Crippen molar-refractivity contribution in [1.29, 1.82) is 0 Å². The summed E-state index contributed by atoms with van der Waals surface area (Å²) < 4.78 is 4.92. The fraction of sp³-hybridized carbons (Fsp3) is 0. The standard InChI is InChI=1S/C65H42N2S/c1-6-20-43(21-7-1)47-38-48(44-22-8-2-9-23-44)40-49(39-47)56-41-50(61-52(45-24-10-3-11-25-45)31-18-32-53(61)46-26-12-4-13-27-46)42-66-65(56)55-33-19-35-59-63(55)64-60(68-59)37-36-58-62(64)54-30-16-17-34-57(54)67(58)51-28-14-5-15-29-51/h1-42H. The molecule has 3 heteroatoms. The lowest BCUT2D eigenvalue weighted by Gasteiger charge is -2.19. The van der Waals surface area contributed by atoms with Gasteiger partial charge >= 0.3 is 0 Å². The van der Waals surface area contributed by atoms with Crippen molar-refractivity contribution >= 4 is 53.3 Å². The topological polar surface area (TPSA) is 17.8 Å². The molecule has 13 aromatic rings. The smallest absolute Gasteiger partial charge is 0.0787 e. The van der Waals surface area contributed by atoms with E-state index in [4.69, 9.17) is 4.98 Å². The van der Waals surface area contributed by atoms with Crippen LogP contribution in [0.1, 0.15) is 0 Å². The van der Waals surface area contributed by atoms with Gasteiger partial charge < -0.3 is 4.57 Å². The Morgan fingerprint density at radius 1 is 0.309 bits per heavy atom. The van der Waals surface area contributed by atoms with E-state index in [0.717, 1.165) is 61.5 Å². The quantitative estimate of drug-likeness (QED) is 0.149. The van der Waals surface area contributed by atoms with Gasteiger partial charge in [-0.25, -0.2) is 0 Å². The Hall–Kier alpha value is -8.63. The van der Waals surface area contributed by atoms with E-state index in [1.54, 1.807) is 0 Å². The summed E-state index contributed by atoms with van der Waals surface area (Å²) in [7, 11) is 0. The predicted molar refractivity (Wildman–Crippen MR) is 290 cm³/mol. The molecule has 0 atom stereocenters. The van der Waals surface area contributed by atoms with Crippen LogP contribution in [0.4, 0.5) is 0 Å². The zero-order valence-corrected chi connectivity index (χ0v) is 37.9. The summed E-state index contributed by atoms with van der Waals surface area (Å²) in [6.07, 6.45) is 2.12. The van der Waals surface area contributed by atoms with Gasteiger partial charge in [-0.1, -0.05) is 188 Å². The van der Waals surface area contributed by atoms with Gasteiger partial charge in [0.05, 0.1) is 16.7 Å². The highest BCUT2D eigenvalue weighted by atomic mass is 32.1. The molecule has 0 aliphatic rings. The lowest BCUT2D eigenvalue weighted by Crippen LogP contribution is -1.96. The van der Waals surface area contributed by atoms with Gasteiger partial charge in [-0.3, -0.25) is 4.98 Å². The highest BCUT2D eigenvalue weighted by molar-refractivity contribution is 7.26. The number of thiophene rings is 1. The monoisotopic (exact) mass is 882 g/mol. The minimum absolute atomic E-state index is 0.950. The second-order valence-electron chi connectivity index (χ2n) is 17.4. The molecule has 3 heterocycles. The van der Waals surface area contributed by atoms with E-state index in [2.05, 4.69) is 259 Å². The van der Waals surface area contributed by atoms with Gasteiger partial charge in [-0.2, -0.15) is 0 Å². The molecular weight excluding hydrogens is 841 g/mol. The molecule has 0 aliphatic carbocycles. The summed E-state index contributed by atoms with van der Waals surface area (Å²) in [6, 6.07) is 90.3. The molecule has 0 fully saturated rings. The van der Waals surface area contributed by atoms with Gasteiger partial charge in [0.15, 0.2) is 0 Å². The van der Waals surface area contributed by atoms with E-state index in [9.17, 15) is 0 Å². The van der Waals surface area contributed by atoms with Crippen LogP contribution in [0.2, 0.25) is 0 Å². The van der Waals surface area contributed by atoms with Crippen molar-refractivity contribution in [3.63, 3.8) is 0 Å². The molecule has 0 radical (unpaired) electrons. The van der Waals surface area contributed by atoms with Crippen LogP contribution in [0.15, 0.2) is 255 Å². The zero-order chi connectivity index (χ0) is 45.0. The van der Waals surface area contributed by atoms with Crippen molar-refractivity contribution < 1.29 is 0 Å². The lowest BCUT2D eigenvalue weighted by molar-refractivity contribution is 1.18. The molecule has 10 aromatic carbocycles. The zero-order valence-electron chi connectivity index (χ0n) is 37.1. The first-order valence-corrected chi connectivity index (χ1v) is 24.0. The van der Waals surface area contributed by atoms with Crippen molar-refractivity contribution in [2.45, 2.75) is 0 Å². The van der Waals surface area contributed by atoms with Gasteiger partial charge in [0.1, 0.15) is 0 Å². The van der Waals surface area contributed by atoms with E-state index in [-0.39, 0.29) is 0 Å². The minimum atomic E-state index is 0.950. The molecule has 318 valence electrons. The van der Waals surface area contributed by atoms with E-state index in [0.29, 0.717) is 0 Å². The molecule has 0 N–H and O–H groups in total. The van der Waals surface area contributed by atoms with Crippen LogP contribution in [-0.4, -0.2) is 9.55 Å². The predicted octanol–water partition coefficient (Wildman–Crippen LogP) is 18.2. The molecule has 0 spiro atoms. The number of hydrogen-bond donors (Lipinski definition) is 0. The molecule has 0 unspecified atom stereocenters. The molecule has 13 rings (SSSR count). The summed E-state index contributed by atoms with van der Waals surface area (Å²) in [5.74, 6) is 0. The number of benzene rings is 10. The average Bonchev–Trinajstić information content (AvgIpc) is 3.98. The molecule has 68 heavy (non-hydrogen) atoms. The molecule has 0 aliphatic heterocycles. The van der Waals surface area contributed by atoms with Crippen molar-refractivity contribution in [1.82, 2.24) is 9.55 Å². The van der Waals surface area contributed by atoms with Crippen molar-refractivity contribution in [3.8, 4) is 83.7 Å². The number of fused-ring (bicyclic) bond motifs is 7. The van der Waals surface area contributed by atoms with Gasteiger partial charge in [0, 0.05) is 59.5 Å². The third kappa shape index (κ3) is 6.75. The summed E-state index contributed by atoms with van der Waals surface area (Å²) in [4.78, 5) is 5.71. The maximum atomic E-state index is 5.71. The Kier molecular flexibility index (Phi) is 9.73. The number of nitrogens with zero attached hydrogens (tertiary/aromatic N) is 2. The normalized spacial score (nSPS) is 11.5. The first kappa shape index (κ1) is 39.7. The highest BCUT2D eigenvalue weighted by Gasteiger charge is 2.24. The van der Waals surface area contributed by atoms with Crippen LogP contribution >= 0.6 is 11.3 Å². The van der Waals surface area contributed by atoms with Crippen LogP contribution in [0.25, 0.3) is 126 Å². The number of para-hydroxylation sites is 2. The Labute approximate surface area is 399 Å². The van der Waals surface area contributed by atoms with Gasteiger partial charge in [0.25, 0.3) is 0 Å².